The van der Waals surface area contributed by atoms with Crippen molar-refractivity contribution >= 4 is 34.2 Å². The van der Waals surface area contributed by atoms with Gasteiger partial charge >= 0.3 is 12.1 Å². The third-order valence-corrected chi connectivity index (χ3v) is 9.04. The maximum Gasteiger partial charge on any atom is 0.416 e. The molecule has 3 aromatic rings. The smallest absolute Gasteiger partial charge is 0.416 e. The number of halogens is 4. The molecule has 2 aliphatic heterocycles. The maximum absolute atomic E-state index is 14.3. The zero-order valence-electron chi connectivity index (χ0n) is 24.3. The minimum Gasteiger partial charge on any atom is -0.481 e. The number of carbonyl (C=O) groups is 2. The highest BCUT2D eigenvalue weighted by molar-refractivity contribution is 7.16. The van der Waals surface area contributed by atoms with Crippen LogP contribution in [0.3, 0.4) is 0 Å². The van der Waals surface area contributed by atoms with Crippen LogP contribution in [0.2, 0.25) is 0 Å². The molecule has 2 saturated heterocycles. The molecule has 2 atom stereocenters. The van der Waals surface area contributed by atoms with E-state index in [-0.39, 0.29) is 40.6 Å². The molecule has 2 aromatic heterocycles. The minimum atomic E-state index is -4.74. The van der Waals surface area contributed by atoms with Gasteiger partial charge in [-0.05, 0) is 44.9 Å². The second kappa shape index (κ2) is 13.1. The van der Waals surface area contributed by atoms with Gasteiger partial charge < -0.3 is 10.0 Å². The number of carboxylic acids is 1. The van der Waals surface area contributed by atoms with Crippen LogP contribution in [0.15, 0.2) is 30.6 Å². The summed E-state index contributed by atoms with van der Waals surface area (Å²) in [4.78, 5) is 43.9. The predicted molar refractivity (Wildman–Crippen MR) is 157 cm³/mol. The zero-order chi connectivity index (χ0) is 31.6. The zero-order valence-corrected chi connectivity index (χ0v) is 25.1. The molecular formula is C29H33F4N7O3S. The summed E-state index contributed by atoms with van der Waals surface area (Å²) in [5.74, 6) is -1.87. The van der Waals surface area contributed by atoms with Crippen molar-refractivity contribution in [2.24, 2.45) is 0 Å². The molecule has 0 saturated carbocycles. The largest absolute Gasteiger partial charge is 0.481 e. The highest BCUT2D eigenvalue weighted by Gasteiger charge is 2.33. The summed E-state index contributed by atoms with van der Waals surface area (Å²) in [6.45, 7) is 7.66. The van der Waals surface area contributed by atoms with Gasteiger partial charge in [-0.3, -0.25) is 24.7 Å². The second-order valence-corrected chi connectivity index (χ2v) is 12.2. The van der Waals surface area contributed by atoms with Crippen molar-refractivity contribution in [1.82, 2.24) is 24.8 Å². The summed E-state index contributed by atoms with van der Waals surface area (Å²) in [7, 11) is 0. The molecule has 236 valence electrons. The second-order valence-electron chi connectivity index (χ2n) is 11.2. The predicted octanol–water partition coefficient (Wildman–Crippen LogP) is 4.98. The molecule has 15 heteroatoms. The molecule has 5 rings (SSSR count). The third-order valence-electron chi connectivity index (χ3n) is 8.09. The van der Waals surface area contributed by atoms with E-state index in [1.807, 2.05) is 4.90 Å². The Morgan fingerprint density at radius 1 is 1.05 bits per heavy atom. The number of hydrogen-bond donors (Lipinski definition) is 2. The number of benzene rings is 1. The molecule has 0 spiro atoms. The summed E-state index contributed by atoms with van der Waals surface area (Å²) in [5.41, 5.74) is -0.919. The molecule has 10 nitrogen and oxygen atoms in total. The molecule has 0 unspecified atom stereocenters. The molecular weight excluding hydrogens is 602 g/mol. The molecule has 2 aliphatic rings. The van der Waals surface area contributed by atoms with Gasteiger partial charge in [0.15, 0.2) is 5.13 Å². The van der Waals surface area contributed by atoms with Crippen LogP contribution in [0.1, 0.15) is 54.0 Å². The standard InChI is InChI=1S/C29H33F4N7O3S/c1-17-3-4-18(2)40(17)16-23-26(19-11-20(29(31,32)33)13-21(30)12-19)36-28(44-23)37-27(43)22-14-35-24(15-34-22)39-9-7-38(8-10-39)6-5-25(41)42/h11-15,17-18H,3-10,16H2,1-2H3,(H,41,42)(H,36,37,43)/t17-,18+. The average Bonchev–Trinajstić information content (AvgIpc) is 3.53. The van der Waals surface area contributed by atoms with Gasteiger partial charge in [0.25, 0.3) is 5.91 Å². The van der Waals surface area contributed by atoms with E-state index < -0.39 is 29.4 Å². The van der Waals surface area contributed by atoms with Crippen LogP contribution in [0.4, 0.5) is 28.5 Å². The van der Waals surface area contributed by atoms with E-state index in [0.29, 0.717) is 56.0 Å². The number of piperazine rings is 1. The summed E-state index contributed by atoms with van der Waals surface area (Å²) < 4.78 is 54.8. The van der Waals surface area contributed by atoms with Crippen LogP contribution in [-0.2, 0) is 17.5 Å². The van der Waals surface area contributed by atoms with E-state index in [9.17, 15) is 27.2 Å². The van der Waals surface area contributed by atoms with E-state index in [4.69, 9.17) is 5.11 Å². The molecule has 2 N–H and O–H groups in total. The number of likely N-dealkylation sites (tertiary alicyclic amines) is 1. The number of amides is 1. The first-order valence-electron chi connectivity index (χ1n) is 14.3. The molecule has 44 heavy (non-hydrogen) atoms. The molecule has 1 aromatic carbocycles. The van der Waals surface area contributed by atoms with E-state index in [1.54, 1.807) is 0 Å². The fraction of sp³-hybridized carbons (Fsp3) is 0.483. The van der Waals surface area contributed by atoms with Crippen molar-refractivity contribution < 1.29 is 32.3 Å². The molecule has 0 aliphatic carbocycles. The molecule has 4 heterocycles. The lowest BCUT2D eigenvalue weighted by Gasteiger charge is -2.34. The van der Waals surface area contributed by atoms with Gasteiger partial charge in [0, 0.05) is 61.8 Å². The number of aromatic nitrogens is 3. The number of nitrogens with one attached hydrogen (secondary N) is 1. The van der Waals surface area contributed by atoms with Crippen LogP contribution in [0, 0.1) is 5.82 Å². The van der Waals surface area contributed by atoms with E-state index in [2.05, 4.69) is 43.9 Å². The molecule has 0 bridgehead atoms. The minimum absolute atomic E-state index is 0.0178. The van der Waals surface area contributed by atoms with E-state index >= 15 is 0 Å². The Morgan fingerprint density at radius 3 is 2.36 bits per heavy atom. The Morgan fingerprint density at radius 2 is 1.75 bits per heavy atom. The Kier molecular flexibility index (Phi) is 9.46. The Bertz CT molecular complexity index is 1480. The van der Waals surface area contributed by atoms with Crippen molar-refractivity contribution in [2.45, 2.75) is 57.9 Å². The number of carbonyl (C=O) groups excluding carboxylic acids is 1. The van der Waals surface area contributed by atoms with Crippen LogP contribution in [0.25, 0.3) is 11.3 Å². The number of thiazole rings is 1. The van der Waals surface area contributed by atoms with Crippen LogP contribution in [-0.4, -0.2) is 86.5 Å². The van der Waals surface area contributed by atoms with Gasteiger partial charge in [0.1, 0.15) is 17.3 Å². The van der Waals surface area contributed by atoms with Crippen molar-refractivity contribution in [3.63, 3.8) is 0 Å². The molecule has 0 radical (unpaired) electrons. The quantitative estimate of drug-likeness (QED) is 0.314. The van der Waals surface area contributed by atoms with Crippen LogP contribution < -0.4 is 10.2 Å². The average molecular weight is 636 g/mol. The van der Waals surface area contributed by atoms with Gasteiger partial charge in [-0.25, -0.2) is 19.3 Å². The highest BCUT2D eigenvalue weighted by Crippen LogP contribution is 2.38. The Hall–Kier alpha value is -3.69. The number of hydrogen-bond acceptors (Lipinski definition) is 9. The number of alkyl halides is 3. The highest BCUT2D eigenvalue weighted by atomic mass is 32.1. The number of nitrogens with zero attached hydrogens (tertiary/aromatic N) is 6. The van der Waals surface area contributed by atoms with Gasteiger partial charge in [-0.1, -0.05) is 11.3 Å². The number of carboxylic acid groups (broad SMARTS) is 1. The molecule has 2 fully saturated rings. The summed E-state index contributed by atoms with van der Waals surface area (Å²) >= 11 is 1.13. The van der Waals surface area contributed by atoms with Crippen molar-refractivity contribution in [3.05, 3.63) is 52.5 Å². The van der Waals surface area contributed by atoms with Gasteiger partial charge in [0.2, 0.25) is 0 Å². The van der Waals surface area contributed by atoms with E-state index in [0.717, 1.165) is 36.3 Å². The summed E-state index contributed by atoms with van der Waals surface area (Å²) in [6.07, 6.45) is 0.132. The van der Waals surface area contributed by atoms with Gasteiger partial charge in [0.05, 0.1) is 30.1 Å². The van der Waals surface area contributed by atoms with Crippen LogP contribution in [0.5, 0.6) is 0 Å². The lowest BCUT2D eigenvalue weighted by atomic mass is 10.1. The summed E-state index contributed by atoms with van der Waals surface area (Å²) in [5, 5.41) is 11.7. The fourth-order valence-electron chi connectivity index (χ4n) is 5.57. The van der Waals surface area contributed by atoms with Gasteiger partial charge in [-0.2, -0.15) is 13.2 Å². The first-order chi connectivity index (χ1) is 20.9. The topological polar surface area (TPSA) is 115 Å². The lowest BCUT2D eigenvalue weighted by molar-refractivity contribution is -0.138. The Labute approximate surface area is 255 Å². The van der Waals surface area contributed by atoms with Gasteiger partial charge in [-0.15, -0.1) is 0 Å². The maximum atomic E-state index is 14.3. The van der Waals surface area contributed by atoms with Crippen LogP contribution >= 0.6 is 11.3 Å². The third kappa shape index (κ3) is 7.50. The number of anilines is 2. The normalized spacial score (nSPS) is 19.8. The van der Waals surface area contributed by atoms with Crippen molar-refractivity contribution in [2.75, 3.05) is 42.9 Å². The monoisotopic (exact) mass is 635 g/mol. The fourth-order valence-corrected chi connectivity index (χ4v) is 6.56. The summed E-state index contributed by atoms with van der Waals surface area (Å²) in [6, 6.07) is 2.84. The van der Waals surface area contributed by atoms with Crippen molar-refractivity contribution in [3.8, 4) is 11.3 Å². The molecule has 1 amide bonds. The van der Waals surface area contributed by atoms with E-state index in [1.165, 1.54) is 12.4 Å². The number of rotatable bonds is 9. The first-order valence-corrected chi connectivity index (χ1v) is 15.1. The van der Waals surface area contributed by atoms with Crippen molar-refractivity contribution in [1.29, 1.82) is 0 Å². The Balaban J connectivity index is 1.33. The number of aliphatic carboxylic acids is 1. The lowest BCUT2D eigenvalue weighted by Crippen LogP contribution is -2.47. The first kappa shape index (κ1) is 31.7. The SMILES string of the molecule is C[C@@H]1CC[C@H](C)N1Cc1sc(NC(=O)c2cnc(N3CCN(CCC(=O)O)CC3)cn2)nc1-c1cc(F)cc(C(F)(F)F)c1.